The summed E-state index contributed by atoms with van der Waals surface area (Å²) in [6, 6.07) is 10.2. The van der Waals surface area contributed by atoms with E-state index in [0.29, 0.717) is 16.8 Å². The molecule has 8 heteroatoms. The summed E-state index contributed by atoms with van der Waals surface area (Å²) in [5, 5.41) is 4.68. The SMILES string of the molecule is Cc1ccccc1N1C(=O)c2cnc3c(c(C)nn3-c3ccc(F)cc3F)c2C1=O. The number of aromatic nitrogens is 3. The lowest BCUT2D eigenvalue weighted by atomic mass is 10.1. The number of pyridine rings is 1. The van der Waals surface area contributed by atoms with E-state index in [-0.39, 0.29) is 22.5 Å². The molecule has 1 aliphatic rings. The number of amides is 2. The van der Waals surface area contributed by atoms with Gasteiger partial charge in [-0.25, -0.2) is 23.3 Å². The molecule has 148 valence electrons. The lowest BCUT2D eigenvalue weighted by Gasteiger charge is -2.16. The second kappa shape index (κ2) is 6.28. The maximum Gasteiger partial charge on any atom is 0.267 e. The number of imide groups is 1. The van der Waals surface area contributed by atoms with Gasteiger partial charge in [0.2, 0.25) is 0 Å². The largest absolute Gasteiger partial charge is 0.268 e. The van der Waals surface area contributed by atoms with Crippen molar-refractivity contribution in [1.82, 2.24) is 14.8 Å². The minimum atomic E-state index is -0.814. The smallest absolute Gasteiger partial charge is 0.267 e. The van der Waals surface area contributed by atoms with E-state index in [1.54, 1.807) is 19.1 Å². The normalized spacial score (nSPS) is 13.4. The Hall–Kier alpha value is -3.94. The highest BCUT2D eigenvalue weighted by Crippen LogP contribution is 2.35. The van der Waals surface area contributed by atoms with Crippen molar-refractivity contribution in [1.29, 1.82) is 0 Å². The molecule has 0 aliphatic carbocycles. The Morgan fingerprint density at radius 1 is 0.933 bits per heavy atom. The van der Waals surface area contributed by atoms with Crippen LogP contribution in [-0.2, 0) is 0 Å². The van der Waals surface area contributed by atoms with Crippen molar-refractivity contribution in [3.05, 3.63) is 82.7 Å². The molecule has 2 aromatic carbocycles. The van der Waals surface area contributed by atoms with Crippen LogP contribution in [-0.4, -0.2) is 26.6 Å². The number of hydrogen-bond donors (Lipinski definition) is 0. The van der Waals surface area contributed by atoms with Gasteiger partial charge in [-0.15, -0.1) is 0 Å². The molecule has 3 heterocycles. The van der Waals surface area contributed by atoms with Crippen LogP contribution in [0.15, 0.2) is 48.7 Å². The van der Waals surface area contributed by atoms with E-state index in [0.717, 1.165) is 22.6 Å². The summed E-state index contributed by atoms with van der Waals surface area (Å²) >= 11 is 0. The quantitative estimate of drug-likeness (QED) is 0.472. The highest BCUT2D eigenvalue weighted by Gasteiger charge is 2.40. The van der Waals surface area contributed by atoms with Crippen molar-refractivity contribution in [3.63, 3.8) is 0 Å². The Kier molecular flexibility index (Phi) is 3.79. The number of hydrogen-bond acceptors (Lipinski definition) is 4. The van der Waals surface area contributed by atoms with Crippen LogP contribution in [0.5, 0.6) is 0 Å². The molecule has 0 N–H and O–H groups in total. The van der Waals surface area contributed by atoms with Crippen LogP contribution in [0.1, 0.15) is 32.0 Å². The van der Waals surface area contributed by atoms with Gasteiger partial charge in [0, 0.05) is 12.3 Å². The zero-order chi connectivity index (χ0) is 21.2. The van der Waals surface area contributed by atoms with E-state index in [4.69, 9.17) is 0 Å². The van der Waals surface area contributed by atoms with Crippen LogP contribution < -0.4 is 4.90 Å². The molecule has 5 rings (SSSR count). The van der Waals surface area contributed by atoms with Gasteiger partial charge in [-0.3, -0.25) is 9.59 Å². The van der Waals surface area contributed by atoms with Gasteiger partial charge in [-0.2, -0.15) is 5.10 Å². The molecule has 4 aromatic rings. The maximum absolute atomic E-state index is 14.4. The second-order valence-electron chi connectivity index (χ2n) is 7.07. The molecule has 0 saturated carbocycles. The van der Waals surface area contributed by atoms with Gasteiger partial charge in [0.25, 0.3) is 11.8 Å². The van der Waals surface area contributed by atoms with Gasteiger partial charge in [-0.1, -0.05) is 18.2 Å². The first-order valence-electron chi connectivity index (χ1n) is 9.16. The summed E-state index contributed by atoms with van der Waals surface area (Å²) in [7, 11) is 0. The standard InChI is InChI=1S/C22H14F2N4O2/c1-11-5-3-4-6-16(11)27-21(29)14-10-25-20-18(19(14)22(27)30)12(2)26-28(20)17-8-7-13(23)9-15(17)24/h3-10H,1-2H3. The summed E-state index contributed by atoms with van der Waals surface area (Å²) in [6.45, 7) is 3.46. The van der Waals surface area contributed by atoms with Crippen molar-refractivity contribution in [3.8, 4) is 5.69 Å². The van der Waals surface area contributed by atoms with Crippen molar-refractivity contribution in [2.75, 3.05) is 4.90 Å². The van der Waals surface area contributed by atoms with Crippen molar-refractivity contribution < 1.29 is 18.4 Å². The Labute approximate surface area is 169 Å². The van der Waals surface area contributed by atoms with Gasteiger partial charge in [0.15, 0.2) is 11.5 Å². The highest BCUT2D eigenvalue weighted by atomic mass is 19.1. The van der Waals surface area contributed by atoms with E-state index in [2.05, 4.69) is 10.1 Å². The Balaban J connectivity index is 1.74. The first kappa shape index (κ1) is 18.1. The molecule has 0 saturated heterocycles. The highest BCUT2D eigenvalue weighted by molar-refractivity contribution is 6.37. The number of anilines is 1. The molecule has 30 heavy (non-hydrogen) atoms. The van der Waals surface area contributed by atoms with E-state index in [1.807, 2.05) is 19.1 Å². The minimum Gasteiger partial charge on any atom is -0.268 e. The third kappa shape index (κ3) is 2.40. The summed E-state index contributed by atoms with van der Waals surface area (Å²) < 4.78 is 28.9. The van der Waals surface area contributed by atoms with Crippen LogP contribution in [0.25, 0.3) is 16.7 Å². The van der Waals surface area contributed by atoms with E-state index < -0.39 is 23.4 Å². The average Bonchev–Trinajstić information content (AvgIpc) is 3.17. The molecule has 6 nitrogen and oxygen atoms in total. The van der Waals surface area contributed by atoms with Gasteiger partial charge in [0.05, 0.1) is 27.9 Å². The topological polar surface area (TPSA) is 68.1 Å². The molecule has 0 unspecified atom stereocenters. The number of carbonyl (C=O) groups excluding carboxylic acids is 2. The molecule has 0 atom stereocenters. The number of fused-ring (bicyclic) bond motifs is 3. The molecule has 0 radical (unpaired) electrons. The first-order valence-corrected chi connectivity index (χ1v) is 9.16. The number of rotatable bonds is 2. The number of carbonyl (C=O) groups is 2. The lowest BCUT2D eigenvalue weighted by Crippen LogP contribution is -2.30. The molecule has 2 amide bonds. The van der Waals surface area contributed by atoms with E-state index in [1.165, 1.54) is 16.9 Å². The number of benzene rings is 2. The number of aryl methyl sites for hydroxylation is 2. The Bertz CT molecular complexity index is 1390. The number of halogens is 2. The summed E-state index contributed by atoms with van der Waals surface area (Å²) in [4.78, 5) is 31.7. The van der Waals surface area contributed by atoms with Crippen LogP contribution in [0.2, 0.25) is 0 Å². The maximum atomic E-state index is 14.4. The van der Waals surface area contributed by atoms with Crippen LogP contribution >= 0.6 is 0 Å². The van der Waals surface area contributed by atoms with Crippen molar-refractivity contribution in [2.45, 2.75) is 13.8 Å². The molecule has 0 spiro atoms. The van der Waals surface area contributed by atoms with E-state index in [9.17, 15) is 18.4 Å². The fraction of sp³-hybridized carbons (Fsp3) is 0.0909. The van der Waals surface area contributed by atoms with Crippen LogP contribution in [0, 0.1) is 25.5 Å². The second-order valence-corrected chi connectivity index (χ2v) is 7.07. The predicted octanol–water partition coefficient (Wildman–Crippen LogP) is 4.12. The first-order chi connectivity index (χ1) is 14.4. The summed E-state index contributed by atoms with van der Waals surface area (Å²) in [6.07, 6.45) is 1.30. The zero-order valence-electron chi connectivity index (χ0n) is 16.0. The van der Waals surface area contributed by atoms with Crippen molar-refractivity contribution >= 4 is 28.5 Å². The predicted molar refractivity (Wildman–Crippen MR) is 106 cm³/mol. The Morgan fingerprint density at radius 3 is 2.43 bits per heavy atom. The zero-order valence-corrected chi connectivity index (χ0v) is 16.0. The lowest BCUT2D eigenvalue weighted by molar-refractivity contribution is 0.0926. The molecular formula is C22H14F2N4O2. The minimum absolute atomic E-state index is 0.00511. The monoisotopic (exact) mass is 404 g/mol. The molecule has 0 fully saturated rings. The van der Waals surface area contributed by atoms with Crippen LogP contribution in [0.3, 0.4) is 0 Å². The fourth-order valence-electron chi connectivity index (χ4n) is 3.81. The summed E-state index contributed by atoms with van der Waals surface area (Å²) in [5.41, 5.74) is 2.23. The van der Waals surface area contributed by atoms with Crippen molar-refractivity contribution in [2.24, 2.45) is 0 Å². The molecular weight excluding hydrogens is 390 g/mol. The Morgan fingerprint density at radius 2 is 1.70 bits per heavy atom. The third-order valence-corrected chi connectivity index (χ3v) is 5.22. The fourth-order valence-corrected chi connectivity index (χ4v) is 3.81. The van der Waals surface area contributed by atoms with Crippen LogP contribution in [0.4, 0.5) is 14.5 Å². The summed E-state index contributed by atoms with van der Waals surface area (Å²) in [5.74, 6) is -2.49. The van der Waals surface area contributed by atoms with Gasteiger partial charge in [0.1, 0.15) is 11.5 Å². The molecule has 0 bridgehead atoms. The average molecular weight is 404 g/mol. The van der Waals surface area contributed by atoms with Gasteiger partial charge in [-0.05, 0) is 37.6 Å². The third-order valence-electron chi connectivity index (χ3n) is 5.22. The van der Waals surface area contributed by atoms with E-state index >= 15 is 0 Å². The van der Waals surface area contributed by atoms with Gasteiger partial charge < -0.3 is 0 Å². The molecule has 2 aromatic heterocycles. The number of nitrogens with zero attached hydrogens (tertiary/aromatic N) is 4. The molecule has 1 aliphatic heterocycles. The van der Waals surface area contributed by atoms with Gasteiger partial charge >= 0.3 is 0 Å². The number of para-hydroxylation sites is 1.